The van der Waals surface area contributed by atoms with Crippen LogP contribution in [0.3, 0.4) is 0 Å². The minimum Gasteiger partial charge on any atom is -0.313 e. The molecule has 1 aromatic heterocycles. The van der Waals surface area contributed by atoms with Gasteiger partial charge in [0.25, 0.3) is 10.0 Å². The monoisotopic (exact) mass is 325 g/mol. The van der Waals surface area contributed by atoms with Gasteiger partial charge in [0, 0.05) is 26.7 Å². The van der Waals surface area contributed by atoms with Gasteiger partial charge < -0.3 is 5.32 Å². The van der Waals surface area contributed by atoms with Crippen molar-refractivity contribution in [1.82, 2.24) is 24.6 Å². The maximum absolute atomic E-state index is 13.5. The minimum absolute atomic E-state index is 0.0239. The van der Waals surface area contributed by atoms with E-state index in [0.717, 1.165) is 0 Å². The van der Waals surface area contributed by atoms with E-state index in [0.29, 0.717) is 25.2 Å². The number of nitrogens with zero attached hydrogens (tertiary/aromatic N) is 4. The second-order valence-corrected chi connectivity index (χ2v) is 6.92. The van der Waals surface area contributed by atoms with Gasteiger partial charge in [-0.3, -0.25) is 0 Å². The first-order valence-electron chi connectivity index (χ1n) is 6.83. The molecule has 0 aliphatic carbocycles. The Morgan fingerprint density at radius 3 is 2.91 bits per heavy atom. The normalized spacial score (nSPS) is 20.2. The summed E-state index contributed by atoms with van der Waals surface area (Å²) in [4.78, 5) is 0. The van der Waals surface area contributed by atoms with Gasteiger partial charge in [-0.15, -0.1) is 5.10 Å². The van der Waals surface area contributed by atoms with E-state index in [4.69, 9.17) is 0 Å². The number of sulfonamides is 1. The van der Waals surface area contributed by atoms with E-state index in [1.165, 1.54) is 34.4 Å². The van der Waals surface area contributed by atoms with E-state index < -0.39 is 16.1 Å². The van der Waals surface area contributed by atoms with E-state index in [9.17, 15) is 12.8 Å². The van der Waals surface area contributed by atoms with E-state index in [1.807, 2.05) is 0 Å². The van der Waals surface area contributed by atoms with Crippen LogP contribution in [0.25, 0.3) is 0 Å². The molecule has 1 saturated heterocycles. The minimum atomic E-state index is -3.75. The number of aromatic nitrogens is 3. The third-order valence-corrected chi connectivity index (χ3v) is 5.63. The number of rotatable bonds is 3. The molecule has 1 fully saturated rings. The summed E-state index contributed by atoms with van der Waals surface area (Å²) < 4.78 is 41.7. The first kappa shape index (κ1) is 15.1. The Labute approximate surface area is 127 Å². The van der Waals surface area contributed by atoms with Gasteiger partial charge in [0.1, 0.15) is 5.82 Å². The predicted molar refractivity (Wildman–Crippen MR) is 76.9 cm³/mol. The Balaban J connectivity index is 2.02. The SMILES string of the molecule is Cn1nncc1S(=O)(=O)N1CCNC[C@H]1c1cccc(F)c1. The second kappa shape index (κ2) is 5.75. The van der Waals surface area contributed by atoms with E-state index in [2.05, 4.69) is 15.6 Å². The van der Waals surface area contributed by atoms with Crippen molar-refractivity contribution in [3.63, 3.8) is 0 Å². The zero-order valence-electron chi connectivity index (χ0n) is 12.0. The van der Waals surface area contributed by atoms with Crippen molar-refractivity contribution in [1.29, 1.82) is 0 Å². The van der Waals surface area contributed by atoms with Gasteiger partial charge in [0.2, 0.25) is 0 Å². The molecule has 1 N–H and O–H groups in total. The molecule has 0 saturated carbocycles. The Hall–Kier alpha value is -1.84. The van der Waals surface area contributed by atoms with E-state index in [1.54, 1.807) is 12.1 Å². The number of piperazine rings is 1. The summed E-state index contributed by atoms with van der Waals surface area (Å²) in [5.41, 5.74) is 0.617. The zero-order valence-corrected chi connectivity index (χ0v) is 12.8. The molecule has 1 aromatic carbocycles. The highest BCUT2D eigenvalue weighted by Gasteiger charge is 2.36. The largest absolute Gasteiger partial charge is 0.313 e. The fourth-order valence-electron chi connectivity index (χ4n) is 2.61. The predicted octanol–water partition coefficient (Wildman–Crippen LogP) is 0.289. The molecule has 1 aliphatic rings. The molecular formula is C13H16FN5O2S. The molecule has 3 rings (SSSR count). The van der Waals surface area contributed by atoms with Crippen molar-refractivity contribution in [2.24, 2.45) is 7.05 Å². The summed E-state index contributed by atoms with van der Waals surface area (Å²) in [5.74, 6) is -0.386. The van der Waals surface area contributed by atoms with Crippen molar-refractivity contribution in [2.75, 3.05) is 19.6 Å². The van der Waals surface area contributed by atoms with Crippen molar-refractivity contribution in [3.05, 3.63) is 41.8 Å². The van der Waals surface area contributed by atoms with Crippen LogP contribution >= 0.6 is 0 Å². The molecule has 9 heteroatoms. The van der Waals surface area contributed by atoms with Crippen LogP contribution in [0.5, 0.6) is 0 Å². The van der Waals surface area contributed by atoms with Crippen LogP contribution in [0.1, 0.15) is 11.6 Å². The highest BCUT2D eigenvalue weighted by molar-refractivity contribution is 7.89. The smallest absolute Gasteiger partial charge is 0.262 e. The lowest BCUT2D eigenvalue weighted by Gasteiger charge is -2.35. The number of hydrogen-bond acceptors (Lipinski definition) is 5. The average molecular weight is 325 g/mol. The van der Waals surface area contributed by atoms with Crippen molar-refractivity contribution in [3.8, 4) is 0 Å². The van der Waals surface area contributed by atoms with Crippen LogP contribution in [0.15, 0.2) is 35.5 Å². The molecule has 1 atom stereocenters. The van der Waals surface area contributed by atoms with Crippen molar-refractivity contribution >= 4 is 10.0 Å². The van der Waals surface area contributed by atoms with Crippen molar-refractivity contribution in [2.45, 2.75) is 11.1 Å². The van der Waals surface area contributed by atoms with Crippen LogP contribution in [0.2, 0.25) is 0 Å². The van der Waals surface area contributed by atoms with Gasteiger partial charge in [0.15, 0.2) is 5.03 Å². The molecule has 22 heavy (non-hydrogen) atoms. The highest BCUT2D eigenvalue weighted by Crippen LogP contribution is 2.28. The number of hydrogen-bond donors (Lipinski definition) is 1. The molecule has 0 amide bonds. The molecule has 0 radical (unpaired) electrons. The first-order chi connectivity index (χ1) is 10.5. The highest BCUT2D eigenvalue weighted by atomic mass is 32.2. The topological polar surface area (TPSA) is 80.1 Å². The Bertz CT molecular complexity index is 776. The fraction of sp³-hybridized carbons (Fsp3) is 0.385. The van der Waals surface area contributed by atoms with Crippen LogP contribution in [-0.2, 0) is 17.1 Å². The third kappa shape index (κ3) is 2.62. The molecule has 1 aliphatic heterocycles. The summed E-state index contributed by atoms with van der Waals surface area (Å²) in [7, 11) is -2.22. The number of halogens is 1. The molecule has 7 nitrogen and oxygen atoms in total. The number of nitrogens with one attached hydrogen (secondary N) is 1. The molecular weight excluding hydrogens is 309 g/mol. The average Bonchev–Trinajstić information content (AvgIpc) is 2.94. The summed E-state index contributed by atoms with van der Waals surface area (Å²) in [6.07, 6.45) is 1.22. The summed E-state index contributed by atoms with van der Waals surface area (Å²) in [6.45, 7) is 1.26. The Morgan fingerprint density at radius 2 is 2.23 bits per heavy atom. The molecule has 118 valence electrons. The quantitative estimate of drug-likeness (QED) is 0.877. The number of benzene rings is 1. The maximum Gasteiger partial charge on any atom is 0.262 e. The van der Waals surface area contributed by atoms with Crippen LogP contribution in [0, 0.1) is 5.82 Å². The molecule has 0 spiro atoms. The lowest BCUT2D eigenvalue weighted by molar-refractivity contribution is 0.269. The van der Waals surface area contributed by atoms with Gasteiger partial charge in [-0.25, -0.2) is 17.5 Å². The number of aryl methyl sites for hydroxylation is 1. The maximum atomic E-state index is 13.5. The van der Waals surface area contributed by atoms with E-state index >= 15 is 0 Å². The zero-order chi connectivity index (χ0) is 15.7. The molecule has 0 bridgehead atoms. The lowest BCUT2D eigenvalue weighted by atomic mass is 10.1. The third-order valence-electron chi connectivity index (χ3n) is 3.67. The summed E-state index contributed by atoms with van der Waals surface area (Å²) in [5, 5.41) is 10.5. The van der Waals surface area contributed by atoms with Gasteiger partial charge in [-0.05, 0) is 17.7 Å². The summed E-state index contributed by atoms with van der Waals surface area (Å²) >= 11 is 0. The van der Waals surface area contributed by atoms with Gasteiger partial charge in [-0.2, -0.15) is 4.31 Å². The lowest BCUT2D eigenvalue weighted by Crippen LogP contribution is -2.48. The van der Waals surface area contributed by atoms with Gasteiger partial charge >= 0.3 is 0 Å². The molecule has 2 aromatic rings. The van der Waals surface area contributed by atoms with Crippen LogP contribution < -0.4 is 5.32 Å². The van der Waals surface area contributed by atoms with Crippen LogP contribution in [-0.4, -0.2) is 47.4 Å². The van der Waals surface area contributed by atoms with Gasteiger partial charge in [-0.1, -0.05) is 17.3 Å². The van der Waals surface area contributed by atoms with E-state index in [-0.39, 0.29) is 10.8 Å². The Kier molecular flexibility index (Phi) is 3.94. The Morgan fingerprint density at radius 1 is 1.41 bits per heavy atom. The van der Waals surface area contributed by atoms with Crippen LogP contribution in [0.4, 0.5) is 4.39 Å². The molecule has 0 unspecified atom stereocenters. The first-order valence-corrected chi connectivity index (χ1v) is 8.27. The van der Waals surface area contributed by atoms with Crippen molar-refractivity contribution < 1.29 is 12.8 Å². The van der Waals surface area contributed by atoms with Gasteiger partial charge in [0.05, 0.1) is 12.2 Å². The summed E-state index contributed by atoms with van der Waals surface area (Å²) in [6, 6.07) is 5.54. The fourth-order valence-corrected chi connectivity index (χ4v) is 4.26. The standard InChI is InChI=1S/C13H16FN5O2S/c1-18-13(9-16-17-18)22(20,21)19-6-5-15-8-12(19)10-3-2-4-11(14)7-10/h2-4,7,9,12,15H,5-6,8H2,1H3/t12-/m0/s1. The molecule has 2 heterocycles. The second-order valence-electron chi connectivity index (χ2n) is 5.09.